The van der Waals surface area contributed by atoms with Gasteiger partial charge in [0.25, 0.3) is 0 Å². The SMILES string of the molecule is O=C(Nc1c2c(nn1-c1ccccc1)CCC2)C1CCOC1. The van der Waals surface area contributed by atoms with Crippen LogP contribution in [-0.2, 0) is 22.4 Å². The first-order chi connectivity index (χ1) is 10.8. The molecule has 1 saturated heterocycles. The highest BCUT2D eigenvalue weighted by Crippen LogP contribution is 2.31. The molecular formula is C17H19N3O2. The lowest BCUT2D eigenvalue weighted by molar-refractivity contribution is -0.119. The standard InChI is InChI=1S/C17H19N3O2/c21-17(12-9-10-22-11-12)18-16-14-7-4-8-15(14)19-20(16)13-5-2-1-3-6-13/h1-3,5-6,12H,4,7-11H2,(H,18,21). The largest absolute Gasteiger partial charge is 0.381 e. The Labute approximate surface area is 129 Å². The molecule has 1 unspecified atom stereocenters. The summed E-state index contributed by atoms with van der Waals surface area (Å²) in [5, 5.41) is 7.82. The molecule has 0 bridgehead atoms. The van der Waals surface area contributed by atoms with Crippen LogP contribution in [-0.4, -0.2) is 28.9 Å². The molecule has 1 amide bonds. The van der Waals surface area contributed by atoms with Crippen molar-refractivity contribution in [2.24, 2.45) is 5.92 Å². The smallest absolute Gasteiger partial charge is 0.231 e. The van der Waals surface area contributed by atoms with E-state index in [9.17, 15) is 4.79 Å². The average Bonchev–Trinajstić information content (AvgIpc) is 3.26. The summed E-state index contributed by atoms with van der Waals surface area (Å²) in [7, 11) is 0. The van der Waals surface area contributed by atoms with E-state index in [1.54, 1.807) is 0 Å². The number of aromatic nitrogens is 2. The zero-order valence-electron chi connectivity index (χ0n) is 12.4. The van der Waals surface area contributed by atoms with Crippen LogP contribution < -0.4 is 5.32 Å². The number of hydrogen-bond acceptors (Lipinski definition) is 3. The van der Waals surface area contributed by atoms with Gasteiger partial charge in [0.2, 0.25) is 5.91 Å². The maximum Gasteiger partial charge on any atom is 0.231 e. The number of benzene rings is 1. The maximum atomic E-state index is 12.5. The van der Waals surface area contributed by atoms with Gasteiger partial charge in [-0.1, -0.05) is 18.2 Å². The Bertz CT molecular complexity index is 687. The summed E-state index contributed by atoms with van der Waals surface area (Å²) in [6.45, 7) is 1.20. The first-order valence-electron chi connectivity index (χ1n) is 7.88. The molecule has 4 rings (SSSR count). The Hall–Kier alpha value is -2.14. The second-order valence-corrected chi connectivity index (χ2v) is 5.92. The Morgan fingerprint density at radius 1 is 1.27 bits per heavy atom. The van der Waals surface area contributed by atoms with Crippen molar-refractivity contribution in [2.45, 2.75) is 25.7 Å². The number of anilines is 1. The molecule has 1 aliphatic heterocycles. The van der Waals surface area contributed by atoms with E-state index < -0.39 is 0 Å². The summed E-state index contributed by atoms with van der Waals surface area (Å²) in [5.74, 6) is 0.844. The Morgan fingerprint density at radius 2 is 2.14 bits per heavy atom. The number of amides is 1. The van der Waals surface area contributed by atoms with Crippen molar-refractivity contribution in [3.63, 3.8) is 0 Å². The molecule has 0 radical (unpaired) electrons. The van der Waals surface area contributed by atoms with Crippen LogP contribution in [0.15, 0.2) is 30.3 Å². The first kappa shape index (κ1) is 13.5. The van der Waals surface area contributed by atoms with Crippen molar-refractivity contribution in [1.29, 1.82) is 0 Å². The molecule has 5 nitrogen and oxygen atoms in total. The summed E-state index contributed by atoms with van der Waals surface area (Å²) < 4.78 is 7.19. The van der Waals surface area contributed by atoms with Gasteiger partial charge in [-0.3, -0.25) is 4.79 Å². The summed E-state index contributed by atoms with van der Waals surface area (Å²) in [6, 6.07) is 9.97. The highest BCUT2D eigenvalue weighted by molar-refractivity contribution is 5.93. The van der Waals surface area contributed by atoms with Gasteiger partial charge in [0.1, 0.15) is 5.82 Å². The number of aryl methyl sites for hydroxylation is 1. The second-order valence-electron chi connectivity index (χ2n) is 5.92. The molecule has 2 heterocycles. The van der Waals surface area contributed by atoms with Crippen LogP contribution >= 0.6 is 0 Å². The van der Waals surface area contributed by atoms with Gasteiger partial charge in [0.15, 0.2) is 0 Å². The number of ether oxygens (including phenoxy) is 1. The van der Waals surface area contributed by atoms with Gasteiger partial charge in [0, 0.05) is 12.2 Å². The Morgan fingerprint density at radius 3 is 2.91 bits per heavy atom. The van der Waals surface area contributed by atoms with Gasteiger partial charge in [0.05, 0.1) is 23.9 Å². The number of para-hydroxylation sites is 1. The van der Waals surface area contributed by atoms with E-state index in [1.807, 2.05) is 35.0 Å². The van der Waals surface area contributed by atoms with Crippen molar-refractivity contribution in [1.82, 2.24) is 9.78 Å². The number of carbonyl (C=O) groups excluding carboxylic acids is 1. The molecule has 5 heteroatoms. The molecule has 1 aromatic carbocycles. The Balaban J connectivity index is 1.69. The molecule has 1 N–H and O–H groups in total. The van der Waals surface area contributed by atoms with Crippen LogP contribution in [0.4, 0.5) is 5.82 Å². The Kier molecular flexibility index (Phi) is 3.42. The molecule has 1 atom stereocenters. The predicted molar refractivity (Wildman–Crippen MR) is 83.1 cm³/mol. The third-order valence-corrected chi connectivity index (χ3v) is 4.45. The van der Waals surface area contributed by atoms with Gasteiger partial charge in [-0.05, 0) is 37.8 Å². The predicted octanol–water partition coefficient (Wildman–Crippen LogP) is 2.34. The van der Waals surface area contributed by atoms with Gasteiger partial charge in [-0.15, -0.1) is 0 Å². The third-order valence-electron chi connectivity index (χ3n) is 4.45. The summed E-state index contributed by atoms with van der Waals surface area (Å²) in [5.41, 5.74) is 3.29. The van der Waals surface area contributed by atoms with E-state index in [-0.39, 0.29) is 11.8 Å². The molecule has 0 spiro atoms. The fourth-order valence-corrected chi connectivity index (χ4v) is 3.24. The van der Waals surface area contributed by atoms with E-state index in [4.69, 9.17) is 9.84 Å². The number of fused-ring (bicyclic) bond motifs is 1. The monoisotopic (exact) mass is 297 g/mol. The third kappa shape index (κ3) is 2.31. The lowest BCUT2D eigenvalue weighted by atomic mass is 10.1. The van der Waals surface area contributed by atoms with Gasteiger partial charge in [-0.2, -0.15) is 5.10 Å². The molecule has 0 saturated carbocycles. The van der Waals surface area contributed by atoms with E-state index in [1.165, 1.54) is 5.56 Å². The van der Waals surface area contributed by atoms with Crippen LogP contribution in [0.25, 0.3) is 5.69 Å². The highest BCUT2D eigenvalue weighted by Gasteiger charge is 2.28. The van der Waals surface area contributed by atoms with Crippen LogP contribution in [0.1, 0.15) is 24.1 Å². The van der Waals surface area contributed by atoms with Crippen molar-refractivity contribution in [3.8, 4) is 5.69 Å². The van der Waals surface area contributed by atoms with Crippen molar-refractivity contribution in [2.75, 3.05) is 18.5 Å². The number of carbonyl (C=O) groups is 1. The second kappa shape index (κ2) is 5.57. The van der Waals surface area contributed by atoms with Crippen molar-refractivity contribution in [3.05, 3.63) is 41.6 Å². The van der Waals surface area contributed by atoms with Crippen LogP contribution in [0.3, 0.4) is 0 Å². The van der Waals surface area contributed by atoms with E-state index >= 15 is 0 Å². The minimum Gasteiger partial charge on any atom is -0.381 e. The van der Waals surface area contributed by atoms with Crippen LogP contribution in [0.2, 0.25) is 0 Å². The molecule has 114 valence electrons. The van der Waals surface area contributed by atoms with E-state index in [0.29, 0.717) is 13.2 Å². The fraction of sp³-hybridized carbons (Fsp3) is 0.412. The molecule has 2 aromatic rings. The van der Waals surface area contributed by atoms with Crippen LogP contribution in [0, 0.1) is 5.92 Å². The quantitative estimate of drug-likeness (QED) is 0.946. The minimum absolute atomic E-state index is 0.0452. The molecule has 1 aromatic heterocycles. The zero-order chi connectivity index (χ0) is 14.9. The van der Waals surface area contributed by atoms with E-state index in [0.717, 1.165) is 42.9 Å². The number of nitrogens with zero attached hydrogens (tertiary/aromatic N) is 2. The number of rotatable bonds is 3. The topological polar surface area (TPSA) is 56.2 Å². The maximum absolute atomic E-state index is 12.5. The number of hydrogen-bond donors (Lipinski definition) is 1. The minimum atomic E-state index is -0.0452. The van der Waals surface area contributed by atoms with Gasteiger partial charge >= 0.3 is 0 Å². The van der Waals surface area contributed by atoms with E-state index in [2.05, 4.69) is 5.32 Å². The molecule has 1 fully saturated rings. The van der Waals surface area contributed by atoms with Gasteiger partial charge < -0.3 is 10.1 Å². The summed E-state index contributed by atoms with van der Waals surface area (Å²) in [6.07, 6.45) is 3.89. The van der Waals surface area contributed by atoms with Gasteiger partial charge in [-0.25, -0.2) is 4.68 Å². The molecular weight excluding hydrogens is 278 g/mol. The normalized spacial score (nSPS) is 20.1. The summed E-state index contributed by atoms with van der Waals surface area (Å²) >= 11 is 0. The summed E-state index contributed by atoms with van der Waals surface area (Å²) in [4.78, 5) is 12.5. The molecule has 22 heavy (non-hydrogen) atoms. The molecule has 2 aliphatic rings. The van der Waals surface area contributed by atoms with Crippen molar-refractivity contribution < 1.29 is 9.53 Å². The van der Waals surface area contributed by atoms with Crippen molar-refractivity contribution >= 4 is 11.7 Å². The van der Waals surface area contributed by atoms with Crippen LogP contribution in [0.5, 0.6) is 0 Å². The lowest BCUT2D eigenvalue weighted by Gasteiger charge is -2.13. The fourth-order valence-electron chi connectivity index (χ4n) is 3.24. The average molecular weight is 297 g/mol. The number of nitrogens with one attached hydrogen (secondary N) is 1. The lowest BCUT2D eigenvalue weighted by Crippen LogP contribution is -2.24. The molecule has 1 aliphatic carbocycles. The first-order valence-corrected chi connectivity index (χ1v) is 7.88. The zero-order valence-corrected chi connectivity index (χ0v) is 12.4. The highest BCUT2D eigenvalue weighted by atomic mass is 16.5.